The van der Waals surface area contributed by atoms with Crippen molar-refractivity contribution in [2.75, 3.05) is 13.2 Å². The average molecular weight is 178 g/mol. The molecule has 66 valence electrons. The zero-order valence-corrected chi connectivity index (χ0v) is 8.03. The molecule has 4 nitrogen and oxygen atoms in total. The van der Waals surface area contributed by atoms with Crippen molar-refractivity contribution in [3.8, 4) is 0 Å². The van der Waals surface area contributed by atoms with Crippen molar-refractivity contribution < 1.29 is 18.8 Å². The van der Waals surface area contributed by atoms with Gasteiger partial charge in [0.05, 0.1) is 6.04 Å². The molecule has 0 spiro atoms. The van der Waals surface area contributed by atoms with Gasteiger partial charge in [-0.05, 0) is 13.8 Å². The van der Waals surface area contributed by atoms with Crippen molar-refractivity contribution in [1.82, 2.24) is 0 Å². The molecule has 0 aliphatic rings. The lowest BCUT2D eigenvalue weighted by Gasteiger charge is -2.11. The number of rotatable bonds is 6. The van der Waals surface area contributed by atoms with Crippen molar-refractivity contribution in [1.29, 1.82) is 0 Å². The summed E-state index contributed by atoms with van der Waals surface area (Å²) < 4.78 is 10.3. The van der Waals surface area contributed by atoms with Crippen LogP contribution in [0.3, 0.4) is 0 Å². The Labute approximate surface area is 68.0 Å². The zero-order valence-electron chi connectivity index (χ0n) is 6.87. The first-order valence-electron chi connectivity index (χ1n) is 3.65. The molecule has 0 atom stereocenters. The molecule has 0 rings (SSSR count). The molecule has 0 unspecified atom stereocenters. The second-order valence-corrected chi connectivity index (χ2v) is 3.87. The fourth-order valence-corrected chi connectivity index (χ4v) is 2.04. The maximum absolute atomic E-state index is 10.2. The number of hydrogen-bond acceptors (Lipinski definition) is 3. The van der Waals surface area contributed by atoms with Gasteiger partial charge in [-0.2, -0.15) is 0 Å². The first-order valence-corrected chi connectivity index (χ1v) is 5.41. The Morgan fingerprint density at radius 3 is 2.09 bits per heavy atom. The van der Waals surface area contributed by atoms with Crippen molar-refractivity contribution in [2.24, 2.45) is 0 Å². The number of hydrogen-bond donors (Lipinski definition) is 1. The van der Waals surface area contributed by atoms with Gasteiger partial charge in [-0.3, -0.25) is 4.79 Å². The first kappa shape index (κ1) is 10.6. The molecule has 0 aliphatic heterocycles. The van der Waals surface area contributed by atoms with Gasteiger partial charge >= 0.3 is 15.3 Å². The van der Waals surface area contributed by atoms with Crippen LogP contribution in [0.1, 0.15) is 13.8 Å². The molecule has 0 saturated heterocycles. The van der Waals surface area contributed by atoms with Crippen molar-refractivity contribution in [2.45, 2.75) is 19.9 Å². The number of carboxylic acid groups (broad SMARTS) is 1. The molecule has 0 saturated carbocycles. The molecule has 0 amide bonds. The Morgan fingerprint density at radius 2 is 1.82 bits per heavy atom. The summed E-state index contributed by atoms with van der Waals surface area (Å²) in [5, 5.41) is 8.41. The van der Waals surface area contributed by atoms with E-state index >= 15 is 0 Å². The Balaban J connectivity index is 3.59. The fourth-order valence-electron chi connectivity index (χ4n) is 0.680. The largest absolute Gasteiger partial charge is 0.481 e. The van der Waals surface area contributed by atoms with Gasteiger partial charge in [-0.15, -0.1) is 0 Å². The number of carboxylic acids is 1. The standard InChI is InChI=1S/C6H14O4Si/c1-3-9-11(10-4-2)5-6(7)8/h11H,3-5H2,1-2H3,(H,7,8). The van der Waals surface area contributed by atoms with Crippen molar-refractivity contribution >= 4 is 15.3 Å². The molecule has 5 heteroatoms. The van der Waals surface area contributed by atoms with E-state index in [1.165, 1.54) is 0 Å². The van der Waals surface area contributed by atoms with E-state index in [0.29, 0.717) is 13.2 Å². The van der Waals surface area contributed by atoms with E-state index in [9.17, 15) is 4.79 Å². The van der Waals surface area contributed by atoms with Crippen LogP contribution in [-0.4, -0.2) is 33.6 Å². The highest BCUT2D eigenvalue weighted by molar-refractivity contribution is 6.48. The smallest absolute Gasteiger partial charge is 0.332 e. The highest BCUT2D eigenvalue weighted by Gasteiger charge is 2.15. The third-order valence-corrected chi connectivity index (χ3v) is 3.14. The lowest BCUT2D eigenvalue weighted by Crippen LogP contribution is -2.25. The van der Waals surface area contributed by atoms with Crippen LogP contribution in [0.25, 0.3) is 0 Å². The van der Waals surface area contributed by atoms with Crippen LogP contribution in [0.4, 0.5) is 0 Å². The SMILES string of the molecule is CCO[SiH](CC(=O)O)OCC. The molecule has 0 aliphatic carbocycles. The second-order valence-electron chi connectivity index (χ2n) is 1.94. The molecule has 11 heavy (non-hydrogen) atoms. The summed E-state index contributed by atoms with van der Waals surface area (Å²) in [5.41, 5.74) is 0. The maximum Gasteiger partial charge on any atom is 0.332 e. The summed E-state index contributed by atoms with van der Waals surface area (Å²) in [5.74, 6) is -0.844. The minimum atomic E-state index is -1.89. The predicted octanol–water partition coefficient (Wildman–Crippen LogP) is 0.364. The summed E-state index contributed by atoms with van der Waals surface area (Å²) in [7, 11) is -1.89. The monoisotopic (exact) mass is 178 g/mol. The van der Waals surface area contributed by atoms with Gasteiger partial charge in [-0.25, -0.2) is 0 Å². The Morgan fingerprint density at radius 1 is 1.36 bits per heavy atom. The third-order valence-electron chi connectivity index (χ3n) is 1.05. The summed E-state index contributed by atoms with van der Waals surface area (Å²) in [6.45, 7) is 4.73. The van der Waals surface area contributed by atoms with Crippen LogP contribution in [0, 0.1) is 0 Å². The molecule has 0 aromatic carbocycles. The van der Waals surface area contributed by atoms with Crippen LogP contribution in [0.5, 0.6) is 0 Å². The molecule has 0 aromatic rings. The summed E-state index contributed by atoms with van der Waals surface area (Å²) in [6.07, 6.45) is 0. The van der Waals surface area contributed by atoms with Gasteiger partial charge in [0.15, 0.2) is 0 Å². The number of aliphatic carboxylic acids is 1. The van der Waals surface area contributed by atoms with Gasteiger partial charge in [0.25, 0.3) is 0 Å². The van der Waals surface area contributed by atoms with Crippen LogP contribution >= 0.6 is 0 Å². The minimum absolute atomic E-state index is 0.0433. The Kier molecular flexibility index (Phi) is 6.10. The van der Waals surface area contributed by atoms with Gasteiger partial charge in [0, 0.05) is 13.2 Å². The van der Waals surface area contributed by atoms with Crippen LogP contribution < -0.4 is 0 Å². The molecule has 0 fully saturated rings. The zero-order chi connectivity index (χ0) is 8.69. The van der Waals surface area contributed by atoms with E-state index in [1.807, 2.05) is 13.8 Å². The van der Waals surface area contributed by atoms with Gasteiger partial charge in [0.1, 0.15) is 0 Å². The average Bonchev–Trinajstić information content (AvgIpc) is 1.87. The van der Waals surface area contributed by atoms with E-state index in [2.05, 4.69) is 0 Å². The first-order chi connectivity index (χ1) is 5.20. The quantitative estimate of drug-likeness (QED) is 0.597. The van der Waals surface area contributed by atoms with Crippen LogP contribution in [-0.2, 0) is 13.6 Å². The van der Waals surface area contributed by atoms with Gasteiger partial charge in [-0.1, -0.05) is 0 Å². The maximum atomic E-state index is 10.2. The summed E-state index contributed by atoms with van der Waals surface area (Å²) in [4.78, 5) is 10.2. The normalized spacial score (nSPS) is 10.5. The van der Waals surface area contributed by atoms with Crippen molar-refractivity contribution in [3.63, 3.8) is 0 Å². The van der Waals surface area contributed by atoms with Crippen LogP contribution in [0.2, 0.25) is 6.04 Å². The molecule has 0 heterocycles. The Bertz CT molecular complexity index is 111. The molecule has 1 N–H and O–H groups in total. The second kappa shape index (κ2) is 6.33. The van der Waals surface area contributed by atoms with E-state index in [4.69, 9.17) is 14.0 Å². The minimum Gasteiger partial charge on any atom is -0.481 e. The lowest BCUT2D eigenvalue weighted by molar-refractivity contribution is -0.134. The Hall–Kier alpha value is -0.393. The van der Waals surface area contributed by atoms with E-state index in [-0.39, 0.29) is 6.04 Å². The van der Waals surface area contributed by atoms with E-state index < -0.39 is 15.3 Å². The number of carbonyl (C=O) groups is 1. The molecule has 0 aromatic heterocycles. The highest BCUT2D eigenvalue weighted by Crippen LogP contribution is 1.96. The molecule has 0 radical (unpaired) electrons. The highest BCUT2D eigenvalue weighted by atomic mass is 28.3. The third kappa shape index (κ3) is 6.02. The summed E-state index contributed by atoms with van der Waals surface area (Å²) in [6, 6.07) is 0.0433. The summed E-state index contributed by atoms with van der Waals surface area (Å²) >= 11 is 0. The lowest BCUT2D eigenvalue weighted by atomic mass is 10.8. The van der Waals surface area contributed by atoms with Crippen LogP contribution in [0.15, 0.2) is 0 Å². The predicted molar refractivity (Wildman–Crippen MR) is 42.8 cm³/mol. The molecule has 0 bridgehead atoms. The van der Waals surface area contributed by atoms with E-state index in [1.54, 1.807) is 0 Å². The van der Waals surface area contributed by atoms with E-state index in [0.717, 1.165) is 0 Å². The van der Waals surface area contributed by atoms with Gasteiger partial charge in [0.2, 0.25) is 0 Å². The van der Waals surface area contributed by atoms with Crippen molar-refractivity contribution in [3.05, 3.63) is 0 Å². The topological polar surface area (TPSA) is 55.8 Å². The van der Waals surface area contributed by atoms with Gasteiger partial charge < -0.3 is 14.0 Å². The molecular weight excluding hydrogens is 164 g/mol. The fraction of sp³-hybridized carbons (Fsp3) is 0.833. The molecular formula is C6H14O4Si.